The van der Waals surface area contributed by atoms with Crippen molar-refractivity contribution in [3.05, 3.63) is 23.8 Å². The molecule has 0 aliphatic carbocycles. The average molecular weight is 260 g/mol. The first-order chi connectivity index (χ1) is 8.91. The van der Waals surface area contributed by atoms with Crippen molar-refractivity contribution in [1.29, 1.82) is 0 Å². The van der Waals surface area contributed by atoms with Gasteiger partial charge in [-0.2, -0.15) is 0 Å². The number of anilines is 2. The van der Waals surface area contributed by atoms with Gasteiger partial charge in [0, 0.05) is 12.1 Å². The number of rotatable bonds is 2. The summed E-state index contributed by atoms with van der Waals surface area (Å²) >= 11 is 0. The van der Waals surface area contributed by atoms with Gasteiger partial charge in [0.1, 0.15) is 11.7 Å². The Balaban J connectivity index is 2.64. The third kappa shape index (κ3) is 2.01. The first-order valence-corrected chi connectivity index (χ1v) is 6.14. The summed E-state index contributed by atoms with van der Waals surface area (Å²) in [5.74, 6) is -0.608. The molecule has 0 bridgehead atoms. The van der Waals surface area contributed by atoms with Gasteiger partial charge in [-0.3, -0.25) is 14.4 Å². The molecule has 0 atom stereocenters. The van der Waals surface area contributed by atoms with Gasteiger partial charge >= 0.3 is 0 Å². The number of fused-ring (bicyclic) bond motifs is 1. The van der Waals surface area contributed by atoms with Crippen LogP contribution in [0, 0.1) is 5.41 Å². The van der Waals surface area contributed by atoms with Crippen LogP contribution in [0.2, 0.25) is 0 Å². The molecular weight excluding hydrogens is 244 g/mol. The highest BCUT2D eigenvalue weighted by atomic mass is 16.2. The Kier molecular flexibility index (Phi) is 3.14. The van der Waals surface area contributed by atoms with Crippen LogP contribution in [0.25, 0.3) is 0 Å². The largest absolute Gasteiger partial charge is 0.323 e. The molecule has 0 unspecified atom stereocenters. The van der Waals surface area contributed by atoms with Crippen LogP contribution in [0.4, 0.5) is 11.4 Å². The summed E-state index contributed by atoms with van der Waals surface area (Å²) in [4.78, 5) is 36.9. The van der Waals surface area contributed by atoms with Gasteiger partial charge in [0.05, 0.1) is 11.4 Å². The molecule has 5 heteroatoms. The van der Waals surface area contributed by atoms with Crippen LogP contribution < -0.4 is 10.2 Å². The van der Waals surface area contributed by atoms with Gasteiger partial charge in [0.25, 0.3) is 0 Å². The van der Waals surface area contributed by atoms with E-state index in [9.17, 15) is 14.4 Å². The topological polar surface area (TPSA) is 66.5 Å². The molecule has 0 saturated carbocycles. The van der Waals surface area contributed by atoms with Crippen molar-refractivity contribution in [3.63, 3.8) is 0 Å². The maximum atomic E-state index is 12.4. The zero-order chi connectivity index (χ0) is 14.2. The second-order valence-electron chi connectivity index (χ2n) is 5.02. The molecule has 1 aliphatic rings. The Morgan fingerprint density at radius 1 is 1.32 bits per heavy atom. The lowest BCUT2D eigenvalue weighted by Crippen LogP contribution is -2.45. The third-order valence-corrected chi connectivity index (χ3v) is 3.36. The molecule has 1 aliphatic heterocycles. The number of nitrogens with one attached hydrogen (secondary N) is 1. The summed E-state index contributed by atoms with van der Waals surface area (Å²) in [5.41, 5.74) is 0.461. The normalized spacial score (nSPS) is 17.5. The van der Waals surface area contributed by atoms with Crippen LogP contribution in [0.5, 0.6) is 0 Å². The van der Waals surface area contributed by atoms with Crippen molar-refractivity contribution in [1.82, 2.24) is 0 Å². The van der Waals surface area contributed by atoms with Crippen LogP contribution in [-0.4, -0.2) is 24.6 Å². The monoisotopic (exact) mass is 260 g/mol. The minimum Gasteiger partial charge on any atom is -0.323 e. The first kappa shape index (κ1) is 13.3. The highest BCUT2D eigenvalue weighted by Gasteiger charge is 2.42. The van der Waals surface area contributed by atoms with Crippen LogP contribution in [0.1, 0.15) is 31.1 Å². The minimum absolute atomic E-state index is 0.269. The fourth-order valence-electron chi connectivity index (χ4n) is 2.09. The molecule has 2 rings (SSSR count). The van der Waals surface area contributed by atoms with E-state index >= 15 is 0 Å². The smallest absolute Gasteiger partial charge is 0.242 e. The van der Waals surface area contributed by atoms with Gasteiger partial charge in [0.2, 0.25) is 11.8 Å². The van der Waals surface area contributed by atoms with E-state index in [2.05, 4.69) is 5.32 Å². The lowest BCUT2D eigenvalue weighted by molar-refractivity contribution is -0.136. The summed E-state index contributed by atoms with van der Waals surface area (Å²) in [7, 11) is 0. The van der Waals surface area contributed by atoms with Crippen molar-refractivity contribution in [2.75, 3.05) is 16.8 Å². The van der Waals surface area contributed by atoms with Crippen LogP contribution in [-0.2, 0) is 9.59 Å². The quantitative estimate of drug-likeness (QED) is 0.651. The predicted molar refractivity (Wildman–Crippen MR) is 72.3 cm³/mol. The lowest BCUT2D eigenvalue weighted by Gasteiger charge is -2.26. The minimum atomic E-state index is -1.13. The molecule has 1 aromatic rings. The van der Waals surface area contributed by atoms with E-state index in [1.54, 1.807) is 32.0 Å². The molecule has 100 valence electrons. The van der Waals surface area contributed by atoms with Gasteiger partial charge in [-0.15, -0.1) is 0 Å². The number of aldehydes is 1. The van der Waals surface area contributed by atoms with E-state index in [4.69, 9.17) is 0 Å². The highest BCUT2D eigenvalue weighted by molar-refractivity contribution is 6.19. The number of hydrogen-bond donors (Lipinski definition) is 1. The van der Waals surface area contributed by atoms with Gasteiger partial charge in [-0.25, -0.2) is 0 Å². The molecule has 0 saturated heterocycles. The first-order valence-electron chi connectivity index (χ1n) is 6.14. The van der Waals surface area contributed by atoms with Gasteiger partial charge < -0.3 is 10.2 Å². The summed E-state index contributed by atoms with van der Waals surface area (Å²) in [6.07, 6.45) is 0.719. The van der Waals surface area contributed by atoms with Gasteiger partial charge in [-0.1, -0.05) is 0 Å². The maximum absolute atomic E-state index is 12.4. The maximum Gasteiger partial charge on any atom is 0.242 e. The standard InChI is InChI=1S/C14H16N2O3/c1-4-16-11-7-9(8-17)5-6-10(11)15-12(18)14(2,3)13(16)19/h5-8H,4H2,1-3H3,(H,15,18). The van der Waals surface area contributed by atoms with Crippen molar-refractivity contribution in [3.8, 4) is 0 Å². The van der Waals surface area contributed by atoms with Crippen molar-refractivity contribution in [2.45, 2.75) is 20.8 Å². The van der Waals surface area contributed by atoms with E-state index in [-0.39, 0.29) is 11.8 Å². The van der Waals surface area contributed by atoms with Crippen LogP contribution in [0.15, 0.2) is 18.2 Å². The number of hydrogen-bond acceptors (Lipinski definition) is 3. The van der Waals surface area contributed by atoms with E-state index in [0.29, 0.717) is 23.5 Å². The molecule has 1 N–H and O–H groups in total. The molecule has 5 nitrogen and oxygen atoms in total. The van der Waals surface area contributed by atoms with E-state index in [1.807, 2.05) is 6.92 Å². The zero-order valence-electron chi connectivity index (χ0n) is 11.2. The number of benzene rings is 1. The van der Waals surface area contributed by atoms with Crippen molar-refractivity contribution >= 4 is 29.5 Å². The van der Waals surface area contributed by atoms with Gasteiger partial charge in [0.15, 0.2) is 0 Å². The Morgan fingerprint density at radius 3 is 2.58 bits per heavy atom. The Labute approximate surface area is 111 Å². The Hall–Kier alpha value is -2.17. The van der Waals surface area contributed by atoms with E-state index in [1.165, 1.54) is 4.90 Å². The second-order valence-corrected chi connectivity index (χ2v) is 5.02. The number of carbonyl (C=O) groups is 3. The third-order valence-electron chi connectivity index (χ3n) is 3.36. The lowest BCUT2D eigenvalue weighted by atomic mass is 9.91. The highest BCUT2D eigenvalue weighted by Crippen LogP contribution is 2.35. The summed E-state index contributed by atoms with van der Waals surface area (Å²) < 4.78 is 0. The van der Waals surface area contributed by atoms with Crippen LogP contribution in [0.3, 0.4) is 0 Å². The second kappa shape index (κ2) is 4.50. The fourth-order valence-corrected chi connectivity index (χ4v) is 2.09. The molecule has 0 radical (unpaired) electrons. The molecule has 0 spiro atoms. The fraction of sp³-hybridized carbons (Fsp3) is 0.357. The summed E-state index contributed by atoms with van der Waals surface area (Å²) in [6, 6.07) is 4.88. The molecule has 0 aromatic heterocycles. The molecule has 1 heterocycles. The van der Waals surface area contributed by atoms with E-state index < -0.39 is 5.41 Å². The van der Waals surface area contributed by atoms with Gasteiger partial charge in [-0.05, 0) is 39.0 Å². The van der Waals surface area contributed by atoms with E-state index in [0.717, 1.165) is 6.29 Å². The Morgan fingerprint density at radius 2 is 2.00 bits per heavy atom. The number of carbonyl (C=O) groups excluding carboxylic acids is 3. The van der Waals surface area contributed by atoms with Crippen molar-refractivity contribution < 1.29 is 14.4 Å². The zero-order valence-corrected chi connectivity index (χ0v) is 11.2. The molecule has 2 amide bonds. The average Bonchev–Trinajstić information content (AvgIpc) is 2.46. The molecule has 0 fully saturated rings. The molecule has 1 aromatic carbocycles. The molecular formula is C14H16N2O3. The van der Waals surface area contributed by atoms with Crippen LogP contribution >= 0.6 is 0 Å². The summed E-state index contributed by atoms with van der Waals surface area (Å²) in [6.45, 7) is 5.47. The Bertz CT molecular complexity index is 564. The van der Waals surface area contributed by atoms with Crippen molar-refractivity contribution in [2.24, 2.45) is 5.41 Å². The number of amides is 2. The SMILES string of the molecule is CCN1C(=O)C(C)(C)C(=O)Nc2ccc(C=O)cc21. The number of nitrogens with zero attached hydrogens (tertiary/aromatic N) is 1. The summed E-state index contributed by atoms with van der Waals surface area (Å²) in [5, 5.41) is 2.74. The predicted octanol–water partition coefficient (Wildman–Crippen LogP) is 1.83. The molecule has 19 heavy (non-hydrogen) atoms.